The average molecular weight is 352 g/mol. The Kier molecular flexibility index (Phi) is 5.42. The number of benzene rings is 1. The number of hydrogen-bond acceptors (Lipinski definition) is 3. The van der Waals surface area contributed by atoms with Crippen molar-refractivity contribution in [2.24, 2.45) is 0 Å². The fraction of sp³-hybridized carbons (Fsp3) is 0.455. The van der Waals surface area contributed by atoms with E-state index in [4.69, 9.17) is 4.74 Å². The number of aryl methyl sites for hydroxylation is 4. The van der Waals surface area contributed by atoms with Gasteiger partial charge in [0.2, 0.25) is 0 Å². The third-order valence-electron chi connectivity index (χ3n) is 4.85. The molecular formula is C22H28N2O2. The highest BCUT2D eigenvalue weighted by molar-refractivity contribution is 5.94. The summed E-state index contributed by atoms with van der Waals surface area (Å²) in [6.45, 7) is 9.14. The van der Waals surface area contributed by atoms with Gasteiger partial charge < -0.3 is 10.1 Å². The zero-order chi connectivity index (χ0) is 18.7. The van der Waals surface area contributed by atoms with Crippen molar-refractivity contribution in [2.45, 2.75) is 59.1 Å². The van der Waals surface area contributed by atoms with E-state index >= 15 is 0 Å². The first kappa shape index (κ1) is 18.6. The van der Waals surface area contributed by atoms with Crippen LogP contribution in [0, 0.1) is 13.8 Å². The molecule has 2 aromatic rings. The van der Waals surface area contributed by atoms with Gasteiger partial charge in [0.15, 0.2) is 0 Å². The second-order valence-corrected chi connectivity index (χ2v) is 7.94. The van der Waals surface area contributed by atoms with Crippen LogP contribution in [-0.4, -0.2) is 23.0 Å². The van der Waals surface area contributed by atoms with Gasteiger partial charge in [-0.3, -0.25) is 9.78 Å². The molecule has 0 atom stereocenters. The van der Waals surface area contributed by atoms with E-state index in [-0.39, 0.29) is 5.91 Å². The number of aromatic nitrogens is 1. The van der Waals surface area contributed by atoms with Crippen molar-refractivity contribution in [3.63, 3.8) is 0 Å². The van der Waals surface area contributed by atoms with Crippen molar-refractivity contribution in [1.82, 2.24) is 10.3 Å². The minimum Gasteiger partial charge on any atom is -0.374 e. The van der Waals surface area contributed by atoms with Gasteiger partial charge >= 0.3 is 0 Å². The summed E-state index contributed by atoms with van der Waals surface area (Å²) in [5.74, 6) is -0.0904. The highest BCUT2D eigenvalue weighted by Gasteiger charge is 2.23. The summed E-state index contributed by atoms with van der Waals surface area (Å²) in [6.07, 6.45) is 4.86. The Morgan fingerprint density at radius 1 is 1.23 bits per heavy atom. The molecule has 0 fully saturated rings. The Morgan fingerprint density at radius 2 is 2.04 bits per heavy atom. The fourth-order valence-corrected chi connectivity index (χ4v) is 3.39. The standard InChI is InChI=1S/C22H28N2O2/c1-15-8-9-18(16(2)10-15)13-26-14-22(3,4)24-21(25)19-11-17-6-5-7-20(17)23-12-19/h8-12H,5-7,13-14H2,1-4H3,(H,24,25). The number of fused-ring (bicyclic) bond motifs is 1. The van der Waals surface area contributed by atoms with E-state index in [0.29, 0.717) is 18.8 Å². The molecule has 1 aliphatic rings. The summed E-state index contributed by atoms with van der Waals surface area (Å²) < 4.78 is 5.89. The number of nitrogens with one attached hydrogen (secondary N) is 1. The number of carbonyl (C=O) groups is 1. The van der Waals surface area contributed by atoms with Gasteiger partial charge in [0, 0.05) is 11.9 Å². The Bertz CT molecular complexity index is 812. The molecule has 1 amide bonds. The van der Waals surface area contributed by atoms with Crippen LogP contribution in [0.25, 0.3) is 0 Å². The second kappa shape index (κ2) is 7.58. The van der Waals surface area contributed by atoms with Crippen LogP contribution in [0.5, 0.6) is 0 Å². The number of hydrogen-bond donors (Lipinski definition) is 1. The maximum Gasteiger partial charge on any atom is 0.253 e. The summed E-state index contributed by atoms with van der Waals surface area (Å²) in [4.78, 5) is 17.0. The molecule has 26 heavy (non-hydrogen) atoms. The normalized spacial score (nSPS) is 13.5. The van der Waals surface area contributed by atoms with E-state index in [0.717, 1.165) is 25.0 Å². The topological polar surface area (TPSA) is 51.2 Å². The van der Waals surface area contributed by atoms with E-state index < -0.39 is 5.54 Å². The third-order valence-corrected chi connectivity index (χ3v) is 4.85. The van der Waals surface area contributed by atoms with Crippen LogP contribution in [0.3, 0.4) is 0 Å². The molecule has 1 heterocycles. The van der Waals surface area contributed by atoms with Crippen LogP contribution in [-0.2, 0) is 24.2 Å². The lowest BCUT2D eigenvalue weighted by atomic mass is 10.0. The van der Waals surface area contributed by atoms with Crippen molar-refractivity contribution in [1.29, 1.82) is 0 Å². The molecule has 0 aliphatic heterocycles. The van der Waals surface area contributed by atoms with Crippen molar-refractivity contribution in [3.8, 4) is 0 Å². The van der Waals surface area contributed by atoms with Crippen molar-refractivity contribution in [3.05, 3.63) is 64.0 Å². The largest absolute Gasteiger partial charge is 0.374 e. The van der Waals surface area contributed by atoms with E-state index in [1.54, 1.807) is 6.20 Å². The molecule has 0 unspecified atom stereocenters. The third kappa shape index (κ3) is 4.50. The van der Waals surface area contributed by atoms with Crippen molar-refractivity contribution < 1.29 is 9.53 Å². The number of amides is 1. The van der Waals surface area contributed by atoms with Gasteiger partial charge in [0.1, 0.15) is 0 Å². The van der Waals surface area contributed by atoms with Crippen molar-refractivity contribution in [2.75, 3.05) is 6.61 Å². The molecule has 138 valence electrons. The molecule has 0 radical (unpaired) electrons. The molecule has 4 heteroatoms. The fourth-order valence-electron chi connectivity index (χ4n) is 3.39. The van der Waals surface area contributed by atoms with E-state index in [1.165, 1.54) is 22.3 Å². The minimum absolute atomic E-state index is 0.0904. The lowest BCUT2D eigenvalue weighted by molar-refractivity contribution is 0.0614. The van der Waals surface area contributed by atoms with Gasteiger partial charge in [-0.1, -0.05) is 23.8 Å². The first-order chi connectivity index (χ1) is 12.3. The Balaban J connectivity index is 1.55. The van der Waals surface area contributed by atoms with Crippen LogP contribution in [0.4, 0.5) is 0 Å². The zero-order valence-electron chi connectivity index (χ0n) is 16.2. The zero-order valence-corrected chi connectivity index (χ0v) is 16.2. The van der Waals surface area contributed by atoms with Crippen molar-refractivity contribution >= 4 is 5.91 Å². The molecule has 0 spiro atoms. The van der Waals surface area contributed by atoms with E-state index in [9.17, 15) is 4.79 Å². The van der Waals surface area contributed by atoms with Gasteiger partial charge in [-0.25, -0.2) is 0 Å². The lowest BCUT2D eigenvalue weighted by Crippen LogP contribution is -2.47. The Hall–Kier alpha value is -2.20. The van der Waals surface area contributed by atoms with E-state index in [2.05, 4.69) is 42.3 Å². The number of rotatable bonds is 6. The molecule has 0 saturated carbocycles. The summed E-state index contributed by atoms with van der Waals surface area (Å²) in [6, 6.07) is 8.34. The first-order valence-corrected chi connectivity index (χ1v) is 9.28. The molecule has 4 nitrogen and oxygen atoms in total. The molecule has 1 aromatic heterocycles. The summed E-state index contributed by atoms with van der Waals surface area (Å²) in [5.41, 5.74) is 6.19. The first-order valence-electron chi connectivity index (χ1n) is 9.28. The number of nitrogens with zero attached hydrogens (tertiary/aromatic N) is 1. The van der Waals surface area contributed by atoms with Crippen LogP contribution < -0.4 is 5.32 Å². The van der Waals surface area contributed by atoms with Gasteiger partial charge in [-0.15, -0.1) is 0 Å². The Morgan fingerprint density at radius 3 is 2.81 bits per heavy atom. The smallest absolute Gasteiger partial charge is 0.253 e. The van der Waals surface area contributed by atoms with Crippen LogP contribution in [0.15, 0.2) is 30.5 Å². The molecule has 0 bridgehead atoms. The van der Waals surface area contributed by atoms with Gasteiger partial charge in [-0.05, 0) is 69.7 Å². The number of ether oxygens (including phenoxy) is 1. The molecular weight excluding hydrogens is 324 g/mol. The van der Waals surface area contributed by atoms with Gasteiger partial charge in [0.25, 0.3) is 5.91 Å². The molecule has 3 rings (SSSR count). The summed E-state index contributed by atoms with van der Waals surface area (Å²) >= 11 is 0. The van der Waals surface area contributed by atoms with Crippen LogP contribution in [0.2, 0.25) is 0 Å². The number of pyridine rings is 1. The monoisotopic (exact) mass is 352 g/mol. The quantitative estimate of drug-likeness (QED) is 0.857. The second-order valence-electron chi connectivity index (χ2n) is 7.94. The lowest BCUT2D eigenvalue weighted by Gasteiger charge is -2.26. The molecule has 0 saturated heterocycles. The predicted octanol–water partition coefficient (Wildman–Crippen LogP) is 3.91. The highest BCUT2D eigenvalue weighted by Crippen LogP contribution is 2.21. The highest BCUT2D eigenvalue weighted by atomic mass is 16.5. The molecule has 1 N–H and O–H groups in total. The van der Waals surface area contributed by atoms with Crippen LogP contribution >= 0.6 is 0 Å². The summed E-state index contributed by atoms with van der Waals surface area (Å²) in [5, 5.41) is 3.07. The minimum atomic E-state index is -0.450. The van der Waals surface area contributed by atoms with E-state index in [1.807, 2.05) is 19.9 Å². The summed E-state index contributed by atoms with van der Waals surface area (Å²) in [7, 11) is 0. The SMILES string of the molecule is Cc1ccc(COCC(C)(C)NC(=O)c2cnc3c(c2)CCC3)c(C)c1. The Labute approximate surface area is 156 Å². The maximum absolute atomic E-state index is 12.6. The van der Waals surface area contributed by atoms with Crippen LogP contribution in [0.1, 0.15) is 58.6 Å². The molecule has 1 aromatic carbocycles. The average Bonchev–Trinajstić information content (AvgIpc) is 3.04. The maximum atomic E-state index is 12.6. The molecule has 1 aliphatic carbocycles. The van der Waals surface area contributed by atoms with Gasteiger partial charge in [0.05, 0.1) is 24.3 Å². The predicted molar refractivity (Wildman–Crippen MR) is 103 cm³/mol. The van der Waals surface area contributed by atoms with Gasteiger partial charge in [-0.2, -0.15) is 0 Å². The number of carbonyl (C=O) groups excluding carboxylic acids is 1.